The molecule has 0 radical (unpaired) electrons. The van der Waals surface area contributed by atoms with Gasteiger partial charge in [0.1, 0.15) is 35.6 Å². The third-order valence-electron chi connectivity index (χ3n) is 5.43. The molecule has 3 amide bonds. The second-order valence-corrected chi connectivity index (χ2v) is 7.71. The molecule has 6 nitrogen and oxygen atoms in total. The molecule has 0 saturated carbocycles. The standard InChI is InChI=1S/C22H24F2N2O4/c1-12-5-6-13(2)19(14(12)3)30-11-16(27)10-26-20(28)22(4,25-21(26)29)17-9-15(23)7-8-18(17)24/h5-9,16,27H,10-11H2,1-4H3,(H,25,29)/t16-,22+/m0/s1. The first-order valence-corrected chi connectivity index (χ1v) is 9.52. The smallest absolute Gasteiger partial charge is 0.325 e. The van der Waals surface area contributed by atoms with E-state index in [-0.39, 0.29) is 18.7 Å². The van der Waals surface area contributed by atoms with Crippen LogP contribution in [0.1, 0.15) is 29.2 Å². The summed E-state index contributed by atoms with van der Waals surface area (Å²) in [5, 5.41) is 12.8. The zero-order chi connectivity index (χ0) is 22.2. The number of halogens is 2. The normalized spacial score (nSPS) is 19.8. The lowest BCUT2D eigenvalue weighted by molar-refractivity contribution is -0.132. The summed E-state index contributed by atoms with van der Waals surface area (Å²) < 4.78 is 33.5. The van der Waals surface area contributed by atoms with Gasteiger partial charge in [0.25, 0.3) is 5.91 Å². The van der Waals surface area contributed by atoms with Crippen molar-refractivity contribution in [3.8, 4) is 5.75 Å². The molecule has 0 bridgehead atoms. The number of rotatable bonds is 6. The van der Waals surface area contributed by atoms with Crippen molar-refractivity contribution in [3.63, 3.8) is 0 Å². The van der Waals surface area contributed by atoms with E-state index in [9.17, 15) is 23.5 Å². The number of carbonyl (C=O) groups is 2. The van der Waals surface area contributed by atoms with Crippen LogP contribution in [0.5, 0.6) is 5.75 Å². The molecule has 30 heavy (non-hydrogen) atoms. The summed E-state index contributed by atoms with van der Waals surface area (Å²) in [6.07, 6.45) is -1.17. The average molecular weight is 418 g/mol. The molecule has 2 N–H and O–H groups in total. The number of hydrogen-bond acceptors (Lipinski definition) is 4. The van der Waals surface area contributed by atoms with Crippen LogP contribution in [0.25, 0.3) is 0 Å². The van der Waals surface area contributed by atoms with Gasteiger partial charge in [0.15, 0.2) is 0 Å². The highest BCUT2D eigenvalue weighted by Gasteiger charge is 2.50. The summed E-state index contributed by atoms with van der Waals surface area (Å²) in [5.74, 6) is -1.69. The molecule has 1 heterocycles. The predicted molar refractivity (Wildman–Crippen MR) is 106 cm³/mol. The van der Waals surface area contributed by atoms with Crippen LogP contribution in [-0.4, -0.2) is 41.2 Å². The fourth-order valence-corrected chi connectivity index (χ4v) is 3.52. The van der Waals surface area contributed by atoms with Crippen LogP contribution in [0.2, 0.25) is 0 Å². The molecule has 1 aliphatic rings. The molecule has 2 aromatic carbocycles. The van der Waals surface area contributed by atoms with Gasteiger partial charge >= 0.3 is 6.03 Å². The van der Waals surface area contributed by atoms with E-state index in [4.69, 9.17) is 4.74 Å². The van der Waals surface area contributed by atoms with Gasteiger partial charge in [0.05, 0.1) is 6.54 Å². The van der Waals surface area contributed by atoms with Crippen molar-refractivity contribution in [2.75, 3.05) is 13.2 Å². The zero-order valence-electron chi connectivity index (χ0n) is 17.3. The van der Waals surface area contributed by atoms with Crippen LogP contribution >= 0.6 is 0 Å². The molecule has 3 rings (SSSR count). The fraction of sp³-hybridized carbons (Fsp3) is 0.364. The Morgan fingerprint density at radius 1 is 1.13 bits per heavy atom. The average Bonchev–Trinajstić information content (AvgIpc) is 2.90. The van der Waals surface area contributed by atoms with Crippen LogP contribution in [0.4, 0.5) is 13.6 Å². The van der Waals surface area contributed by atoms with E-state index in [0.717, 1.165) is 39.8 Å². The van der Waals surface area contributed by atoms with Crippen LogP contribution in [0.3, 0.4) is 0 Å². The highest BCUT2D eigenvalue weighted by atomic mass is 19.1. The van der Waals surface area contributed by atoms with Gasteiger partial charge in [-0.1, -0.05) is 12.1 Å². The SMILES string of the molecule is Cc1ccc(C)c(OC[C@@H](O)CN2C(=O)N[C@](C)(c3cc(F)ccc3F)C2=O)c1C. The highest BCUT2D eigenvalue weighted by Crippen LogP contribution is 2.31. The second kappa shape index (κ2) is 8.02. The summed E-state index contributed by atoms with van der Waals surface area (Å²) in [5.41, 5.74) is 0.820. The van der Waals surface area contributed by atoms with Gasteiger partial charge in [-0.15, -0.1) is 0 Å². The molecule has 8 heteroatoms. The minimum Gasteiger partial charge on any atom is -0.490 e. The Kier molecular flexibility index (Phi) is 5.81. The van der Waals surface area contributed by atoms with E-state index in [0.29, 0.717) is 5.75 Å². The molecule has 2 aromatic rings. The lowest BCUT2D eigenvalue weighted by Gasteiger charge is -2.24. The molecule has 1 saturated heterocycles. The first-order valence-electron chi connectivity index (χ1n) is 9.52. The molecule has 2 atom stereocenters. The van der Waals surface area contributed by atoms with Gasteiger partial charge < -0.3 is 15.2 Å². The number of aliphatic hydroxyl groups is 1. The van der Waals surface area contributed by atoms with Gasteiger partial charge in [-0.25, -0.2) is 13.6 Å². The molecular formula is C22H24F2N2O4. The Morgan fingerprint density at radius 3 is 2.50 bits per heavy atom. The number of nitrogens with one attached hydrogen (secondary N) is 1. The first-order chi connectivity index (χ1) is 14.0. The maximum Gasteiger partial charge on any atom is 0.325 e. The lowest BCUT2D eigenvalue weighted by atomic mass is 9.91. The number of amides is 3. The van der Waals surface area contributed by atoms with Crippen LogP contribution in [0, 0.1) is 32.4 Å². The minimum atomic E-state index is -1.77. The third-order valence-corrected chi connectivity index (χ3v) is 5.43. The summed E-state index contributed by atoms with van der Waals surface area (Å²) >= 11 is 0. The van der Waals surface area contributed by atoms with E-state index in [2.05, 4.69) is 5.32 Å². The number of urea groups is 1. The molecule has 1 fully saturated rings. The second-order valence-electron chi connectivity index (χ2n) is 7.71. The number of aliphatic hydroxyl groups excluding tert-OH is 1. The maximum absolute atomic E-state index is 14.2. The third kappa shape index (κ3) is 3.87. The first kappa shape index (κ1) is 21.7. The van der Waals surface area contributed by atoms with Crippen molar-refractivity contribution in [1.29, 1.82) is 0 Å². The van der Waals surface area contributed by atoms with Crippen molar-refractivity contribution in [2.24, 2.45) is 0 Å². The fourth-order valence-electron chi connectivity index (χ4n) is 3.52. The summed E-state index contributed by atoms with van der Waals surface area (Å²) in [7, 11) is 0. The van der Waals surface area contributed by atoms with Crippen molar-refractivity contribution >= 4 is 11.9 Å². The number of ether oxygens (including phenoxy) is 1. The largest absolute Gasteiger partial charge is 0.490 e. The Bertz CT molecular complexity index is 1010. The Morgan fingerprint density at radius 2 is 1.80 bits per heavy atom. The maximum atomic E-state index is 14.2. The number of β-amino-alcohol motifs (C(OH)–C–C–N with tert-alkyl or cyclic N) is 1. The van der Waals surface area contributed by atoms with Crippen LogP contribution < -0.4 is 10.1 Å². The van der Waals surface area contributed by atoms with Crippen molar-refractivity contribution in [1.82, 2.24) is 10.2 Å². The monoisotopic (exact) mass is 418 g/mol. The number of carbonyl (C=O) groups excluding carboxylic acids is 2. The minimum absolute atomic E-state index is 0.146. The molecule has 1 aliphatic heterocycles. The predicted octanol–water partition coefficient (Wildman–Crippen LogP) is 3.10. The molecule has 0 spiro atoms. The summed E-state index contributed by atoms with van der Waals surface area (Å²) in [6, 6.07) is 5.77. The molecule has 160 valence electrons. The number of aryl methyl sites for hydroxylation is 2. The van der Waals surface area contributed by atoms with Crippen LogP contribution in [-0.2, 0) is 10.3 Å². The van der Waals surface area contributed by atoms with Gasteiger partial charge in [-0.2, -0.15) is 0 Å². The molecule has 0 aliphatic carbocycles. The van der Waals surface area contributed by atoms with Gasteiger partial charge in [0, 0.05) is 5.56 Å². The quantitative estimate of drug-likeness (QED) is 0.707. The van der Waals surface area contributed by atoms with Crippen LogP contribution in [0.15, 0.2) is 30.3 Å². The van der Waals surface area contributed by atoms with E-state index in [1.54, 1.807) is 0 Å². The van der Waals surface area contributed by atoms with E-state index in [1.807, 2.05) is 32.9 Å². The Labute approximate surface area is 173 Å². The van der Waals surface area contributed by atoms with Gasteiger partial charge in [-0.3, -0.25) is 9.69 Å². The van der Waals surface area contributed by atoms with Gasteiger partial charge in [0.2, 0.25) is 0 Å². The van der Waals surface area contributed by atoms with Gasteiger partial charge in [-0.05, 0) is 62.6 Å². The topological polar surface area (TPSA) is 78.9 Å². The number of nitrogens with zero attached hydrogens (tertiary/aromatic N) is 1. The molecule has 0 aromatic heterocycles. The number of hydrogen-bond donors (Lipinski definition) is 2. The zero-order valence-corrected chi connectivity index (χ0v) is 17.3. The summed E-state index contributed by atoms with van der Waals surface area (Å²) in [4.78, 5) is 26.0. The lowest BCUT2D eigenvalue weighted by Crippen LogP contribution is -2.43. The molecule has 0 unspecified atom stereocenters. The number of benzene rings is 2. The Hall–Kier alpha value is -3.00. The Balaban J connectivity index is 1.73. The van der Waals surface area contributed by atoms with E-state index >= 15 is 0 Å². The van der Waals surface area contributed by atoms with E-state index in [1.165, 1.54) is 6.92 Å². The number of imide groups is 1. The summed E-state index contributed by atoms with van der Waals surface area (Å²) in [6.45, 7) is 6.53. The van der Waals surface area contributed by atoms with Crippen molar-refractivity contribution in [2.45, 2.75) is 39.3 Å². The van der Waals surface area contributed by atoms with Crippen molar-refractivity contribution < 1.29 is 28.2 Å². The molecular weight excluding hydrogens is 394 g/mol. The van der Waals surface area contributed by atoms with Crippen molar-refractivity contribution in [3.05, 3.63) is 64.2 Å². The van der Waals surface area contributed by atoms with E-state index < -0.39 is 35.2 Å². The highest BCUT2D eigenvalue weighted by molar-refractivity contribution is 6.07.